The Bertz CT molecular complexity index is 299. The summed E-state index contributed by atoms with van der Waals surface area (Å²) in [6.45, 7) is 3.64. The number of ether oxygens (including phenoxy) is 1. The molecule has 0 unspecified atom stereocenters. The van der Waals surface area contributed by atoms with Gasteiger partial charge in [0.1, 0.15) is 0 Å². The Balaban J connectivity index is 2.70. The van der Waals surface area contributed by atoms with Crippen molar-refractivity contribution in [1.29, 1.82) is 0 Å². The molecule has 1 rings (SSSR count). The number of hydrogen-bond donors (Lipinski definition) is 1. The lowest BCUT2D eigenvalue weighted by Crippen LogP contribution is -2.22. The van der Waals surface area contributed by atoms with Crippen LogP contribution in [0.15, 0.2) is 18.2 Å². The molecule has 0 bridgehead atoms. The van der Waals surface area contributed by atoms with Gasteiger partial charge in [0.15, 0.2) is 0 Å². The fourth-order valence-electron chi connectivity index (χ4n) is 1.25. The maximum absolute atomic E-state index is 5.75. The molecule has 78 valence electrons. The number of hydrogen-bond acceptors (Lipinski definition) is 3. The largest absolute Gasteiger partial charge is 0.399 e. The van der Waals surface area contributed by atoms with Crippen molar-refractivity contribution in [1.82, 2.24) is 0 Å². The van der Waals surface area contributed by atoms with Gasteiger partial charge in [0.05, 0.1) is 6.61 Å². The van der Waals surface area contributed by atoms with E-state index in [4.69, 9.17) is 10.5 Å². The molecule has 0 spiro atoms. The number of methoxy groups -OCH3 is 1. The van der Waals surface area contributed by atoms with E-state index in [0.717, 1.165) is 24.4 Å². The van der Waals surface area contributed by atoms with Gasteiger partial charge in [-0.1, -0.05) is 0 Å². The molecular formula is C11H18N2O. The van der Waals surface area contributed by atoms with Gasteiger partial charge >= 0.3 is 0 Å². The van der Waals surface area contributed by atoms with Gasteiger partial charge in [-0.25, -0.2) is 0 Å². The van der Waals surface area contributed by atoms with Crippen molar-refractivity contribution in [2.45, 2.75) is 6.92 Å². The third-order valence-corrected chi connectivity index (χ3v) is 2.32. The van der Waals surface area contributed by atoms with E-state index >= 15 is 0 Å². The van der Waals surface area contributed by atoms with E-state index in [2.05, 4.69) is 11.0 Å². The average Bonchev–Trinajstić information content (AvgIpc) is 2.18. The number of aryl methyl sites for hydroxylation is 1. The first-order valence-electron chi connectivity index (χ1n) is 4.71. The maximum atomic E-state index is 5.75. The predicted molar refractivity (Wildman–Crippen MR) is 60.7 cm³/mol. The molecule has 0 amide bonds. The van der Waals surface area contributed by atoms with Crippen LogP contribution in [0.2, 0.25) is 0 Å². The van der Waals surface area contributed by atoms with Crippen LogP contribution < -0.4 is 10.6 Å². The molecule has 3 heteroatoms. The van der Waals surface area contributed by atoms with Crippen LogP contribution in [0.1, 0.15) is 5.56 Å². The zero-order valence-electron chi connectivity index (χ0n) is 9.08. The Hall–Kier alpha value is -1.22. The van der Waals surface area contributed by atoms with Gasteiger partial charge in [0.25, 0.3) is 0 Å². The fraction of sp³-hybridized carbons (Fsp3) is 0.455. The molecule has 0 aliphatic heterocycles. The van der Waals surface area contributed by atoms with Gasteiger partial charge in [0.2, 0.25) is 0 Å². The van der Waals surface area contributed by atoms with Crippen LogP contribution in [0.5, 0.6) is 0 Å². The van der Waals surface area contributed by atoms with Crippen molar-refractivity contribution >= 4 is 11.4 Å². The summed E-state index contributed by atoms with van der Waals surface area (Å²) in [6, 6.07) is 6.05. The Morgan fingerprint density at radius 3 is 2.71 bits per heavy atom. The molecule has 0 aromatic heterocycles. The standard InChI is InChI=1S/C11H18N2O/c1-9-8-10(4-5-11(9)12)13(2)6-7-14-3/h4-5,8H,6-7,12H2,1-3H3. The molecule has 0 aliphatic carbocycles. The first-order chi connectivity index (χ1) is 6.65. The molecule has 0 atom stereocenters. The van der Waals surface area contributed by atoms with E-state index in [1.54, 1.807) is 7.11 Å². The molecule has 0 saturated carbocycles. The van der Waals surface area contributed by atoms with Crippen molar-refractivity contribution in [2.24, 2.45) is 0 Å². The summed E-state index contributed by atoms with van der Waals surface area (Å²) in [4.78, 5) is 2.15. The summed E-state index contributed by atoms with van der Waals surface area (Å²) in [5.41, 5.74) is 8.88. The quantitative estimate of drug-likeness (QED) is 0.741. The van der Waals surface area contributed by atoms with E-state index in [1.165, 1.54) is 5.69 Å². The molecule has 1 aromatic carbocycles. The van der Waals surface area contributed by atoms with Crippen LogP contribution in [0.3, 0.4) is 0 Å². The second-order valence-corrected chi connectivity index (χ2v) is 3.46. The highest BCUT2D eigenvalue weighted by atomic mass is 16.5. The SMILES string of the molecule is COCCN(C)c1ccc(N)c(C)c1. The maximum Gasteiger partial charge on any atom is 0.0637 e. The monoisotopic (exact) mass is 194 g/mol. The van der Waals surface area contributed by atoms with Gasteiger partial charge in [-0.2, -0.15) is 0 Å². The molecule has 0 radical (unpaired) electrons. The van der Waals surface area contributed by atoms with Crippen molar-refractivity contribution in [3.8, 4) is 0 Å². The predicted octanol–water partition coefficient (Wildman–Crippen LogP) is 1.66. The van der Waals surface area contributed by atoms with E-state index in [1.807, 2.05) is 26.1 Å². The molecule has 0 heterocycles. The van der Waals surface area contributed by atoms with E-state index in [9.17, 15) is 0 Å². The number of anilines is 2. The summed E-state index contributed by atoms with van der Waals surface area (Å²) in [5.74, 6) is 0. The molecule has 0 aliphatic rings. The van der Waals surface area contributed by atoms with Gasteiger partial charge in [-0.05, 0) is 30.7 Å². The lowest BCUT2D eigenvalue weighted by atomic mass is 10.2. The molecule has 2 N–H and O–H groups in total. The number of benzene rings is 1. The topological polar surface area (TPSA) is 38.5 Å². The van der Waals surface area contributed by atoms with Crippen LogP contribution in [0.25, 0.3) is 0 Å². The Kier molecular flexibility index (Phi) is 3.77. The molecular weight excluding hydrogens is 176 g/mol. The van der Waals surface area contributed by atoms with Crippen LogP contribution in [0, 0.1) is 6.92 Å². The molecule has 14 heavy (non-hydrogen) atoms. The molecule has 0 fully saturated rings. The fourth-order valence-corrected chi connectivity index (χ4v) is 1.25. The Labute approximate surface area is 85.5 Å². The van der Waals surface area contributed by atoms with Crippen molar-refractivity contribution in [3.63, 3.8) is 0 Å². The first-order valence-corrected chi connectivity index (χ1v) is 4.71. The number of likely N-dealkylation sites (N-methyl/N-ethyl adjacent to an activating group) is 1. The van der Waals surface area contributed by atoms with Crippen molar-refractivity contribution < 1.29 is 4.74 Å². The smallest absolute Gasteiger partial charge is 0.0637 e. The summed E-state index contributed by atoms with van der Waals surface area (Å²) < 4.78 is 5.02. The first kappa shape index (κ1) is 10.9. The molecule has 3 nitrogen and oxygen atoms in total. The zero-order valence-corrected chi connectivity index (χ0v) is 9.08. The lowest BCUT2D eigenvalue weighted by molar-refractivity contribution is 0.206. The van der Waals surface area contributed by atoms with Crippen molar-refractivity contribution in [3.05, 3.63) is 23.8 Å². The number of nitrogens with zero attached hydrogens (tertiary/aromatic N) is 1. The minimum absolute atomic E-state index is 0.736. The summed E-state index contributed by atoms with van der Waals surface area (Å²) in [7, 11) is 3.76. The highest BCUT2D eigenvalue weighted by Crippen LogP contribution is 2.19. The Morgan fingerprint density at radius 2 is 2.14 bits per heavy atom. The van der Waals surface area contributed by atoms with Gasteiger partial charge in [-0.15, -0.1) is 0 Å². The summed E-state index contributed by atoms with van der Waals surface area (Å²) in [5, 5.41) is 0. The third kappa shape index (κ3) is 2.64. The van der Waals surface area contributed by atoms with Crippen LogP contribution in [-0.4, -0.2) is 27.3 Å². The van der Waals surface area contributed by atoms with Crippen LogP contribution in [0.4, 0.5) is 11.4 Å². The van der Waals surface area contributed by atoms with Gasteiger partial charge in [0, 0.05) is 32.1 Å². The van der Waals surface area contributed by atoms with Crippen LogP contribution in [-0.2, 0) is 4.74 Å². The van der Waals surface area contributed by atoms with E-state index < -0.39 is 0 Å². The normalized spacial score (nSPS) is 10.2. The minimum Gasteiger partial charge on any atom is -0.399 e. The van der Waals surface area contributed by atoms with Gasteiger partial charge < -0.3 is 15.4 Å². The lowest BCUT2D eigenvalue weighted by Gasteiger charge is -2.19. The number of rotatable bonds is 4. The zero-order chi connectivity index (χ0) is 10.6. The number of nitrogen functional groups attached to an aromatic ring is 1. The summed E-state index contributed by atoms with van der Waals surface area (Å²) >= 11 is 0. The second kappa shape index (κ2) is 4.86. The molecule has 0 saturated heterocycles. The van der Waals surface area contributed by atoms with E-state index in [0.29, 0.717) is 0 Å². The average molecular weight is 194 g/mol. The highest BCUT2D eigenvalue weighted by Gasteiger charge is 2.01. The highest BCUT2D eigenvalue weighted by molar-refractivity contribution is 5.57. The van der Waals surface area contributed by atoms with Gasteiger partial charge in [-0.3, -0.25) is 0 Å². The minimum atomic E-state index is 0.736. The third-order valence-electron chi connectivity index (χ3n) is 2.32. The second-order valence-electron chi connectivity index (χ2n) is 3.46. The summed E-state index contributed by atoms with van der Waals surface area (Å²) in [6.07, 6.45) is 0. The van der Waals surface area contributed by atoms with Crippen molar-refractivity contribution in [2.75, 3.05) is 37.9 Å². The van der Waals surface area contributed by atoms with Crippen LogP contribution >= 0.6 is 0 Å². The molecule has 1 aromatic rings. The number of nitrogens with two attached hydrogens (primary N) is 1. The van der Waals surface area contributed by atoms with E-state index in [-0.39, 0.29) is 0 Å². The Morgan fingerprint density at radius 1 is 1.43 bits per heavy atom.